The molecule has 2 saturated heterocycles. The maximum Gasteiger partial charge on any atom is 0.319 e. The van der Waals surface area contributed by atoms with Crippen LogP contribution >= 0.6 is 0 Å². The van der Waals surface area contributed by atoms with Gasteiger partial charge in [0.1, 0.15) is 0 Å². The van der Waals surface area contributed by atoms with Gasteiger partial charge in [-0.05, 0) is 49.8 Å². The van der Waals surface area contributed by atoms with Crippen LogP contribution in [0.4, 0.5) is 16.2 Å². The Labute approximate surface area is 168 Å². The Balaban J connectivity index is 1.63. The highest BCUT2D eigenvalue weighted by molar-refractivity contribution is 5.96. The zero-order valence-corrected chi connectivity index (χ0v) is 17.2. The number of hydrogen-bond donors (Lipinski definition) is 1. The minimum Gasteiger partial charge on any atom is -0.381 e. The molecule has 2 unspecified atom stereocenters. The molecule has 0 saturated carbocycles. The Morgan fingerprint density at radius 1 is 1.14 bits per heavy atom. The van der Waals surface area contributed by atoms with E-state index in [1.165, 1.54) is 0 Å². The maximum absolute atomic E-state index is 12.5. The molecule has 0 bridgehead atoms. The Hall–Kier alpha value is -1.79. The fraction of sp³-hybridized carbons (Fsp3) is 0.682. The number of urea groups is 1. The van der Waals surface area contributed by atoms with Crippen LogP contribution in [0.2, 0.25) is 0 Å². The number of benzene rings is 1. The second kappa shape index (κ2) is 8.29. The van der Waals surface area contributed by atoms with E-state index in [4.69, 9.17) is 10.5 Å². The molecule has 0 radical (unpaired) electrons. The first-order valence-electron chi connectivity index (χ1n) is 10.8. The molecule has 0 aliphatic carbocycles. The largest absolute Gasteiger partial charge is 0.381 e. The average Bonchev–Trinajstić information content (AvgIpc) is 3.14. The van der Waals surface area contributed by atoms with E-state index in [9.17, 15) is 4.79 Å². The predicted octanol–water partition coefficient (Wildman–Crippen LogP) is 2.92. The summed E-state index contributed by atoms with van der Waals surface area (Å²) in [4.78, 5) is 19.5. The molecule has 3 heterocycles. The lowest BCUT2D eigenvalue weighted by Gasteiger charge is -2.48. The molecule has 3 aliphatic heterocycles. The number of primary amides is 1. The lowest BCUT2D eigenvalue weighted by atomic mass is 9.91. The molecule has 2 atom stereocenters. The third-order valence-corrected chi connectivity index (χ3v) is 6.51. The molecular weight excluding hydrogens is 352 g/mol. The summed E-state index contributed by atoms with van der Waals surface area (Å²) in [5.74, 6) is 1.12. The van der Waals surface area contributed by atoms with Crippen LogP contribution in [0.25, 0.3) is 0 Å². The minimum absolute atomic E-state index is 0.132. The molecule has 0 aromatic heterocycles. The summed E-state index contributed by atoms with van der Waals surface area (Å²) in [7, 11) is 0. The van der Waals surface area contributed by atoms with Crippen LogP contribution in [0, 0.1) is 11.8 Å². The number of anilines is 2. The number of ether oxygens (including phenoxy) is 1. The Morgan fingerprint density at radius 3 is 2.54 bits per heavy atom. The third-order valence-electron chi connectivity index (χ3n) is 6.51. The van der Waals surface area contributed by atoms with Crippen molar-refractivity contribution in [3.05, 3.63) is 24.3 Å². The number of likely N-dealkylation sites (tertiary alicyclic amines) is 1. The van der Waals surface area contributed by atoms with Crippen LogP contribution in [0.3, 0.4) is 0 Å². The van der Waals surface area contributed by atoms with Gasteiger partial charge in [-0.1, -0.05) is 26.0 Å². The molecule has 154 valence electrons. The van der Waals surface area contributed by atoms with Crippen molar-refractivity contribution in [1.29, 1.82) is 0 Å². The Bertz CT molecular complexity index is 689. The van der Waals surface area contributed by atoms with Crippen LogP contribution in [0.1, 0.15) is 33.1 Å². The predicted molar refractivity (Wildman–Crippen MR) is 113 cm³/mol. The first kappa shape index (κ1) is 19.5. The third kappa shape index (κ3) is 3.85. The minimum atomic E-state index is -0.327. The number of para-hydroxylation sites is 2. The molecule has 2 N–H and O–H groups in total. The van der Waals surface area contributed by atoms with Crippen molar-refractivity contribution in [2.75, 3.05) is 49.2 Å². The van der Waals surface area contributed by atoms with E-state index in [1.807, 2.05) is 11.0 Å². The smallest absolute Gasteiger partial charge is 0.319 e. The van der Waals surface area contributed by atoms with E-state index < -0.39 is 0 Å². The summed E-state index contributed by atoms with van der Waals surface area (Å²) in [5.41, 5.74) is 8.03. The maximum atomic E-state index is 12.5. The van der Waals surface area contributed by atoms with Gasteiger partial charge in [0.25, 0.3) is 0 Å². The number of carbonyl (C=O) groups is 1. The number of carbonyl (C=O) groups excluding carboxylic acids is 1. The highest BCUT2D eigenvalue weighted by Gasteiger charge is 2.42. The van der Waals surface area contributed by atoms with Crippen molar-refractivity contribution in [3.63, 3.8) is 0 Å². The van der Waals surface area contributed by atoms with Gasteiger partial charge in [-0.15, -0.1) is 0 Å². The van der Waals surface area contributed by atoms with Crippen molar-refractivity contribution in [3.8, 4) is 0 Å². The summed E-state index contributed by atoms with van der Waals surface area (Å²) in [6, 6.07) is 8.54. The van der Waals surface area contributed by atoms with Crippen molar-refractivity contribution < 1.29 is 9.53 Å². The topological polar surface area (TPSA) is 62.0 Å². The standard InChI is InChI=1S/C22H34N4O2/c1-16(2)13-24-10-7-17(14-24)21-15-25(18-8-11-28-12-9-18)19-5-3-4-6-20(19)26(21)22(23)27/h3-6,16-18,21H,7-15H2,1-2H3,(H2,23,27). The van der Waals surface area contributed by atoms with Crippen LogP contribution in [-0.2, 0) is 4.74 Å². The molecule has 1 aromatic rings. The van der Waals surface area contributed by atoms with Gasteiger partial charge in [0.05, 0.1) is 17.4 Å². The number of amides is 2. The van der Waals surface area contributed by atoms with Gasteiger partial charge >= 0.3 is 6.03 Å². The Morgan fingerprint density at radius 2 is 1.86 bits per heavy atom. The second-order valence-corrected chi connectivity index (χ2v) is 8.96. The second-order valence-electron chi connectivity index (χ2n) is 8.96. The SMILES string of the molecule is CC(C)CN1CCC(C2CN(C3CCOCC3)c3ccccc3N2C(N)=O)C1. The van der Waals surface area contributed by atoms with E-state index in [-0.39, 0.29) is 12.1 Å². The highest BCUT2D eigenvalue weighted by Crippen LogP contribution is 2.41. The molecule has 2 amide bonds. The van der Waals surface area contributed by atoms with Gasteiger partial charge in [0, 0.05) is 38.9 Å². The van der Waals surface area contributed by atoms with Crippen molar-refractivity contribution in [2.45, 2.75) is 45.2 Å². The van der Waals surface area contributed by atoms with E-state index in [2.05, 4.69) is 41.8 Å². The average molecular weight is 387 g/mol. The number of rotatable bonds is 4. The Kier molecular flexibility index (Phi) is 5.78. The number of nitrogens with two attached hydrogens (primary N) is 1. The fourth-order valence-electron chi connectivity index (χ4n) is 5.31. The summed E-state index contributed by atoms with van der Waals surface area (Å²) in [5, 5.41) is 0. The van der Waals surface area contributed by atoms with E-state index >= 15 is 0 Å². The van der Waals surface area contributed by atoms with Gasteiger partial charge in [-0.3, -0.25) is 4.90 Å². The van der Waals surface area contributed by atoms with Gasteiger partial charge in [0.15, 0.2) is 0 Å². The summed E-state index contributed by atoms with van der Waals surface area (Å²) in [6.07, 6.45) is 3.22. The first-order chi connectivity index (χ1) is 13.5. The van der Waals surface area contributed by atoms with Gasteiger partial charge < -0.3 is 20.3 Å². The van der Waals surface area contributed by atoms with Gasteiger partial charge in [0.2, 0.25) is 0 Å². The molecule has 4 rings (SSSR count). The highest BCUT2D eigenvalue weighted by atomic mass is 16.5. The normalized spacial score (nSPS) is 26.7. The molecule has 28 heavy (non-hydrogen) atoms. The van der Waals surface area contributed by atoms with E-state index in [0.717, 1.165) is 70.0 Å². The molecule has 2 fully saturated rings. The number of fused-ring (bicyclic) bond motifs is 1. The number of nitrogens with zero attached hydrogens (tertiary/aromatic N) is 3. The van der Waals surface area contributed by atoms with Crippen molar-refractivity contribution in [2.24, 2.45) is 17.6 Å². The molecule has 6 nitrogen and oxygen atoms in total. The zero-order chi connectivity index (χ0) is 19.7. The van der Waals surface area contributed by atoms with Crippen LogP contribution in [-0.4, -0.2) is 62.4 Å². The number of hydrogen-bond acceptors (Lipinski definition) is 4. The summed E-state index contributed by atoms with van der Waals surface area (Å²) < 4.78 is 5.60. The summed E-state index contributed by atoms with van der Waals surface area (Å²) >= 11 is 0. The van der Waals surface area contributed by atoms with E-state index in [0.29, 0.717) is 17.9 Å². The van der Waals surface area contributed by atoms with Crippen molar-refractivity contribution >= 4 is 17.4 Å². The van der Waals surface area contributed by atoms with E-state index in [1.54, 1.807) is 0 Å². The first-order valence-corrected chi connectivity index (χ1v) is 10.8. The molecule has 6 heteroatoms. The molecular formula is C22H34N4O2. The van der Waals surface area contributed by atoms with Crippen molar-refractivity contribution in [1.82, 2.24) is 4.90 Å². The molecule has 1 aromatic carbocycles. The van der Waals surface area contributed by atoms with Gasteiger partial charge in [-0.25, -0.2) is 4.79 Å². The van der Waals surface area contributed by atoms with Crippen LogP contribution < -0.4 is 15.5 Å². The monoisotopic (exact) mass is 386 g/mol. The van der Waals surface area contributed by atoms with Crippen LogP contribution in [0.15, 0.2) is 24.3 Å². The quantitative estimate of drug-likeness (QED) is 0.864. The lowest BCUT2D eigenvalue weighted by molar-refractivity contribution is 0.0835. The fourth-order valence-corrected chi connectivity index (χ4v) is 5.31. The zero-order valence-electron chi connectivity index (χ0n) is 17.2. The van der Waals surface area contributed by atoms with Gasteiger partial charge in [-0.2, -0.15) is 0 Å². The molecule has 3 aliphatic rings. The van der Waals surface area contributed by atoms with Crippen LogP contribution in [0.5, 0.6) is 0 Å². The summed E-state index contributed by atoms with van der Waals surface area (Å²) in [6.45, 7) is 10.3. The lowest BCUT2D eigenvalue weighted by Crippen LogP contribution is -2.59. The molecule has 0 spiro atoms.